The molecular formula is C12H18N3. The van der Waals surface area contributed by atoms with Gasteiger partial charge >= 0.3 is 0 Å². The average Bonchev–Trinajstić information content (AvgIpc) is 2.30. The molecule has 1 aromatic carbocycles. The Kier molecular flexibility index (Phi) is 3.23. The quantitative estimate of drug-likeness (QED) is 0.769. The van der Waals surface area contributed by atoms with Crippen molar-refractivity contribution in [1.29, 1.82) is 0 Å². The van der Waals surface area contributed by atoms with Gasteiger partial charge in [-0.05, 0) is 24.7 Å². The van der Waals surface area contributed by atoms with Crippen molar-refractivity contribution in [3.8, 4) is 0 Å². The van der Waals surface area contributed by atoms with Crippen molar-refractivity contribution in [2.75, 3.05) is 38.1 Å². The van der Waals surface area contributed by atoms with E-state index in [1.807, 2.05) is 12.1 Å². The predicted octanol–water partition coefficient (Wildman–Crippen LogP) is 0.697. The van der Waals surface area contributed by atoms with Gasteiger partial charge < -0.3 is 15.5 Å². The first-order chi connectivity index (χ1) is 7.31. The highest BCUT2D eigenvalue weighted by Gasteiger charge is 2.15. The minimum atomic E-state index is 0.572. The SMILES string of the molecule is CN1CCN(c2ccc[c]c2CN)CC1. The molecule has 1 fully saturated rings. The maximum atomic E-state index is 5.72. The topological polar surface area (TPSA) is 32.5 Å². The van der Waals surface area contributed by atoms with Crippen LogP contribution in [0.5, 0.6) is 0 Å². The van der Waals surface area contributed by atoms with Crippen LogP contribution in [0, 0.1) is 6.07 Å². The third kappa shape index (κ3) is 2.30. The Bertz CT molecular complexity index is 316. The van der Waals surface area contributed by atoms with Crippen molar-refractivity contribution in [1.82, 2.24) is 4.90 Å². The van der Waals surface area contributed by atoms with Crippen LogP contribution in [0.2, 0.25) is 0 Å². The molecule has 1 aliphatic heterocycles. The molecule has 2 rings (SSSR count). The van der Waals surface area contributed by atoms with E-state index in [0.29, 0.717) is 6.54 Å². The molecule has 2 N–H and O–H groups in total. The molecule has 1 radical (unpaired) electrons. The first-order valence-electron chi connectivity index (χ1n) is 5.44. The van der Waals surface area contributed by atoms with Crippen molar-refractivity contribution in [2.45, 2.75) is 6.54 Å². The standard InChI is InChI=1S/C12H18N3/c1-14-6-8-15(9-7-14)12-5-3-2-4-11(12)10-13/h2-3,5H,6-10,13H2,1H3. The molecule has 0 unspecified atom stereocenters. The van der Waals surface area contributed by atoms with E-state index in [-0.39, 0.29) is 0 Å². The van der Waals surface area contributed by atoms with Gasteiger partial charge in [-0.3, -0.25) is 0 Å². The summed E-state index contributed by atoms with van der Waals surface area (Å²) in [6.45, 7) is 4.99. The van der Waals surface area contributed by atoms with Crippen LogP contribution in [0.4, 0.5) is 5.69 Å². The molecule has 0 saturated carbocycles. The van der Waals surface area contributed by atoms with Gasteiger partial charge in [0.25, 0.3) is 0 Å². The van der Waals surface area contributed by atoms with Gasteiger partial charge in [0.05, 0.1) is 0 Å². The molecule has 0 aliphatic carbocycles. The van der Waals surface area contributed by atoms with E-state index in [1.54, 1.807) is 0 Å². The van der Waals surface area contributed by atoms with E-state index in [4.69, 9.17) is 5.73 Å². The minimum absolute atomic E-state index is 0.572. The molecule has 81 valence electrons. The number of piperazine rings is 1. The Morgan fingerprint density at radius 3 is 2.73 bits per heavy atom. The summed E-state index contributed by atoms with van der Waals surface area (Å²) in [6.07, 6.45) is 0. The molecule has 1 heterocycles. The summed E-state index contributed by atoms with van der Waals surface area (Å²) in [6, 6.07) is 9.32. The van der Waals surface area contributed by atoms with Gasteiger partial charge in [-0.1, -0.05) is 12.1 Å². The van der Waals surface area contributed by atoms with Gasteiger partial charge in [0, 0.05) is 38.4 Å². The number of anilines is 1. The second-order valence-corrected chi connectivity index (χ2v) is 4.03. The maximum Gasteiger partial charge on any atom is 0.0418 e. The lowest BCUT2D eigenvalue weighted by Gasteiger charge is -2.35. The van der Waals surface area contributed by atoms with Crippen LogP contribution in [0.15, 0.2) is 18.2 Å². The second-order valence-electron chi connectivity index (χ2n) is 4.03. The number of hydrogen-bond donors (Lipinski definition) is 1. The number of nitrogens with two attached hydrogens (primary N) is 1. The van der Waals surface area contributed by atoms with Crippen LogP contribution < -0.4 is 10.6 Å². The highest BCUT2D eigenvalue weighted by atomic mass is 15.2. The van der Waals surface area contributed by atoms with Crippen molar-refractivity contribution >= 4 is 5.69 Å². The normalized spacial score (nSPS) is 18.1. The molecule has 0 spiro atoms. The molecule has 0 atom stereocenters. The van der Waals surface area contributed by atoms with Crippen LogP contribution in [0.25, 0.3) is 0 Å². The molecule has 1 aromatic rings. The fraction of sp³-hybridized carbons (Fsp3) is 0.500. The minimum Gasteiger partial charge on any atom is -0.369 e. The lowest BCUT2D eigenvalue weighted by atomic mass is 10.1. The molecule has 15 heavy (non-hydrogen) atoms. The zero-order valence-corrected chi connectivity index (χ0v) is 9.24. The highest BCUT2D eigenvalue weighted by Crippen LogP contribution is 2.20. The van der Waals surface area contributed by atoms with Gasteiger partial charge in [0.15, 0.2) is 0 Å². The molecule has 1 aliphatic rings. The lowest BCUT2D eigenvalue weighted by Crippen LogP contribution is -2.44. The monoisotopic (exact) mass is 204 g/mol. The fourth-order valence-corrected chi connectivity index (χ4v) is 1.97. The third-order valence-electron chi connectivity index (χ3n) is 2.97. The van der Waals surface area contributed by atoms with Crippen LogP contribution in [-0.2, 0) is 6.54 Å². The average molecular weight is 204 g/mol. The summed E-state index contributed by atoms with van der Waals surface area (Å²) in [7, 11) is 2.16. The number of benzene rings is 1. The zero-order chi connectivity index (χ0) is 10.7. The number of hydrogen-bond acceptors (Lipinski definition) is 3. The maximum absolute atomic E-state index is 5.72. The van der Waals surface area contributed by atoms with E-state index in [1.165, 1.54) is 5.69 Å². The van der Waals surface area contributed by atoms with E-state index in [9.17, 15) is 0 Å². The van der Waals surface area contributed by atoms with Crippen LogP contribution in [0.1, 0.15) is 5.56 Å². The highest BCUT2D eigenvalue weighted by molar-refractivity contribution is 5.53. The van der Waals surface area contributed by atoms with Gasteiger partial charge in [-0.15, -0.1) is 0 Å². The summed E-state index contributed by atoms with van der Waals surface area (Å²) in [5.74, 6) is 0. The first kappa shape index (κ1) is 10.5. The zero-order valence-electron chi connectivity index (χ0n) is 9.24. The van der Waals surface area contributed by atoms with Gasteiger partial charge in [0.2, 0.25) is 0 Å². The van der Waals surface area contributed by atoms with E-state index >= 15 is 0 Å². The first-order valence-corrected chi connectivity index (χ1v) is 5.44. The number of likely N-dealkylation sites (N-methyl/N-ethyl adjacent to an activating group) is 1. The summed E-state index contributed by atoms with van der Waals surface area (Å²) in [4.78, 5) is 4.75. The Morgan fingerprint density at radius 2 is 2.07 bits per heavy atom. The smallest absolute Gasteiger partial charge is 0.0418 e. The Morgan fingerprint density at radius 1 is 1.33 bits per heavy atom. The van der Waals surface area contributed by atoms with Crippen LogP contribution in [-0.4, -0.2) is 38.1 Å². The van der Waals surface area contributed by atoms with E-state index in [2.05, 4.69) is 29.0 Å². The fourth-order valence-electron chi connectivity index (χ4n) is 1.97. The second kappa shape index (κ2) is 4.64. The molecular weight excluding hydrogens is 186 g/mol. The summed E-state index contributed by atoms with van der Waals surface area (Å²) < 4.78 is 0. The third-order valence-corrected chi connectivity index (χ3v) is 2.97. The van der Waals surface area contributed by atoms with E-state index < -0.39 is 0 Å². The van der Waals surface area contributed by atoms with Crippen LogP contribution >= 0.6 is 0 Å². The molecule has 1 saturated heterocycles. The summed E-state index contributed by atoms with van der Waals surface area (Å²) in [5, 5.41) is 0. The van der Waals surface area contributed by atoms with Crippen molar-refractivity contribution in [3.05, 3.63) is 29.8 Å². The number of nitrogens with zero attached hydrogens (tertiary/aromatic N) is 2. The van der Waals surface area contributed by atoms with Crippen LogP contribution in [0.3, 0.4) is 0 Å². The van der Waals surface area contributed by atoms with Gasteiger partial charge in [-0.2, -0.15) is 0 Å². The van der Waals surface area contributed by atoms with Gasteiger partial charge in [0.1, 0.15) is 0 Å². The van der Waals surface area contributed by atoms with Crippen molar-refractivity contribution in [2.24, 2.45) is 5.73 Å². The Labute approximate surface area is 91.5 Å². The molecule has 3 nitrogen and oxygen atoms in total. The van der Waals surface area contributed by atoms with Gasteiger partial charge in [-0.25, -0.2) is 0 Å². The molecule has 0 bridgehead atoms. The lowest BCUT2D eigenvalue weighted by molar-refractivity contribution is 0.312. The summed E-state index contributed by atoms with van der Waals surface area (Å²) >= 11 is 0. The Balaban J connectivity index is 2.15. The number of rotatable bonds is 2. The predicted molar refractivity (Wildman–Crippen MR) is 62.9 cm³/mol. The van der Waals surface area contributed by atoms with Crippen molar-refractivity contribution < 1.29 is 0 Å². The molecule has 0 amide bonds. The molecule has 0 aromatic heterocycles. The largest absolute Gasteiger partial charge is 0.369 e. The van der Waals surface area contributed by atoms with Crippen molar-refractivity contribution in [3.63, 3.8) is 0 Å². The van der Waals surface area contributed by atoms with E-state index in [0.717, 1.165) is 31.7 Å². The summed E-state index contributed by atoms with van der Waals surface area (Å²) in [5.41, 5.74) is 8.10. The molecule has 3 heteroatoms. The Hall–Kier alpha value is -1.06.